The average molecular weight is 265 g/mol. The van der Waals surface area contributed by atoms with E-state index in [9.17, 15) is 14.9 Å². The number of furan rings is 1. The molecule has 0 fully saturated rings. The topological polar surface area (TPSA) is 91.8 Å². The fourth-order valence-electron chi connectivity index (χ4n) is 1.66. The number of nitro benzene ring substituents is 1. The zero-order valence-electron chi connectivity index (χ0n) is 10.3. The SMILES string of the molecule is CCOC(=O)c1cc2cc(OC)cc([N+](=O)[O-])c2o1. The van der Waals surface area contributed by atoms with Gasteiger partial charge in [-0.25, -0.2) is 4.79 Å². The van der Waals surface area contributed by atoms with Gasteiger partial charge in [0.25, 0.3) is 0 Å². The highest BCUT2D eigenvalue weighted by Gasteiger charge is 2.22. The summed E-state index contributed by atoms with van der Waals surface area (Å²) in [5.74, 6) is -0.421. The van der Waals surface area contributed by atoms with Crippen molar-refractivity contribution in [2.45, 2.75) is 6.92 Å². The van der Waals surface area contributed by atoms with E-state index in [1.54, 1.807) is 13.0 Å². The Kier molecular flexibility index (Phi) is 3.37. The van der Waals surface area contributed by atoms with E-state index in [2.05, 4.69) is 0 Å². The van der Waals surface area contributed by atoms with Crippen LogP contribution in [0, 0.1) is 10.1 Å². The van der Waals surface area contributed by atoms with Gasteiger partial charge in [-0.2, -0.15) is 0 Å². The van der Waals surface area contributed by atoms with Gasteiger partial charge in [0, 0.05) is 5.39 Å². The summed E-state index contributed by atoms with van der Waals surface area (Å²) in [5, 5.41) is 11.4. The van der Waals surface area contributed by atoms with Crippen LogP contribution in [0.2, 0.25) is 0 Å². The van der Waals surface area contributed by atoms with Gasteiger partial charge in [0.15, 0.2) is 0 Å². The average Bonchev–Trinajstić information content (AvgIpc) is 2.81. The fraction of sp³-hybridized carbons (Fsp3) is 0.250. The maximum absolute atomic E-state index is 11.5. The molecule has 0 unspecified atom stereocenters. The molecular formula is C12H11NO6. The van der Waals surface area contributed by atoms with Crippen molar-refractivity contribution in [3.05, 3.63) is 34.1 Å². The lowest BCUT2D eigenvalue weighted by atomic mass is 10.2. The molecule has 1 heterocycles. The number of hydrogen-bond acceptors (Lipinski definition) is 6. The predicted molar refractivity (Wildman–Crippen MR) is 65.4 cm³/mol. The lowest BCUT2D eigenvalue weighted by molar-refractivity contribution is -0.383. The summed E-state index contributed by atoms with van der Waals surface area (Å²) in [7, 11) is 1.40. The number of fused-ring (bicyclic) bond motifs is 1. The van der Waals surface area contributed by atoms with Crippen molar-refractivity contribution in [1.29, 1.82) is 0 Å². The Morgan fingerprint density at radius 2 is 2.16 bits per heavy atom. The first-order chi connectivity index (χ1) is 9.06. The van der Waals surface area contributed by atoms with Crippen LogP contribution in [0.4, 0.5) is 5.69 Å². The number of nitro groups is 1. The second kappa shape index (κ2) is 4.97. The summed E-state index contributed by atoms with van der Waals surface area (Å²) in [4.78, 5) is 21.9. The molecule has 0 atom stereocenters. The van der Waals surface area contributed by atoms with Crippen LogP contribution < -0.4 is 4.74 Å². The lowest BCUT2D eigenvalue weighted by Gasteiger charge is -1.99. The summed E-state index contributed by atoms with van der Waals surface area (Å²) >= 11 is 0. The van der Waals surface area contributed by atoms with E-state index in [1.165, 1.54) is 19.2 Å². The molecule has 0 saturated carbocycles. The molecule has 0 saturated heterocycles. The Labute approximate surface area is 107 Å². The smallest absolute Gasteiger partial charge is 0.374 e. The summed E-state index contributed by atoms with van der Waals surface area (Å²) in [6, 6.07) is 4.18. The van der Waals surface area contributed by atoms with Crippen molar-refractivity contribution in [1.82, 2.24) is 0 Å². The van der Waals surface area contributed by atoms with Crippen LogP contribution in [-0.2, 0) is 4.74 Å². The minimum Gasteiger partial charge on any atom is -0.496 e. The van der Waals surface area contributed by atoms with Crippen LogP contribution in [0.1, 0.15) is 17.5 Å². The second-order valence-electron chi connectivity index (χ2n) is 3.65. The third-order valence-corrected chi connectivity index (χ3v) is 2.48. The van der Waals surface area contributed by atoms with E-state index in [4.69, 9.17) is 13.9 Å². The van der Waals surface area contributed by atoms with E-state index >= 15 is 0 Å². The molecule has 0 aliphatic rings. The Morgan fingerprint density at radius 1 is 1.42 bits per heavy atom. The highest BCUT2D eigenvalue weighted by molar-refractivity contribution is 5.96. The summed E-state index contributed by atoms with van der Waals surface area (Å²) < 4.78 is 15.0. The van der Waals surface area contributed by atoms with Gasteiger partial charge in [-0.3, -0.25) is 10.1 Å². The maximum Gasteiger partial charge on any atom is 0.374 e. The first-order valence-electron chi connectivity index (χ1n) is 5.50. The number of esters is 1. The molecule has 19 heavy (non-hydrogen) atoms. The van der Waals surface area contributed by atoms with E-state index in [0.29, 0.717) is 11.1 Å². The first-order valence-corrected chi connectivity index (χ1v) is 5.50. The molecule has 0 aliphatic heterocycles. The van der Waals surface area contributed by atoms with E-state index in [1.807, 2.05) is 0 Å². The van der Waals surface area contributed by atoms with Crippen molar-refractivity contribution in [2.24, 2.45) is 0 Å². The number of ether oxygens (including phenoxy) is 2. The van der Waals surface area contributed by atoms with Crippen molar-refractivity contribution < 1.29 is 23.6 Å². The molecule has 0 radical (unpaired) electrons. The lowest BCUT2D eigenvalue weighted by Crippen LogP contribution is -2.02. The Bertz CT molecular complexity index is 645. The van der Waals surface area contributed by atoms with Crippen molar-refractivity contribution in [2.75, 3.05) is 13.7 Å². The number of hydrogen-bond donors (Lipinski definition) is 0. The van der Waals surface area contributed by atoms with Crippen LogP contribution in [0.15, 0.2) is 22.6 Å². The number of non-ortho nitro benzene ring substituents is 1. The summed E-state index contributed by atoms with van der Waals surface area (Å²) in [5.41, 5.74) is -0.237. The van der Waals surface area contributed by atoms with Crippen molar-refractivity contribution in [3.63, 3.8) is 0 Å². The summed E-state index contributed by atoms with van der Waals surface area (Å²) in [6.07, 6.45) is 0. The number of methoxy groups -OCH3 is 1. The molecule has 100 valence electrons. The van der Waals surface area contributed by atoms with Gasteiger partial charge in [-0.05, 0) is 19.1 Å². The van der Waals surface area contributed by atoms with Gasteiger partial charge >= 0.3 is 11.7 Å². The van der Waals surface area contributed by atoms with Crippen molar-refractivity contribution in [3.8, 4) is 5.75 Å². The van der Waals surface area contributed by atoms with Gasteiger partial charge < -0.3 is 13.9 Å². The number of benzene rings is 1. The zero-order chi connectivity index (χ0) is 14.0. The van der Waals surface area contributed by atoms with Crippen LogP contribution in [0.25, 0.3) is 11.0 Å². The maximum atomic E-state index is 11.5. The quantitative estimate of drug-likeness (QED) is 0.479. The number of carbonyl (C=O) groups is 1. The first kappa shape index (κ1) is 12.9. The Balaban J connectivity index is 2.60. The summed E-state index contributed by atoms with van der Waals surface area (Å²) in [6.45, 7) is 1.85. The van der Waals surface area contributed by atoms with Crippen LogP contribution in [0.5, 0.6) is 5.75 Å². The van der Waals surface area contributed by atoms with Gasteiger partial charge in [-0.15, -0.1) is 0 Å². The Morgan fingerprint density at radius 3 is 2.74 bits per heavy atom. The molecule has 1 aromatic carbocycles. The molecule has 0 amide bonds. The number of rotatable bonds is 4. The highest BCUT2D eigenvalue weighted by Crippen LogP contribution is 2.33. The predicted octanol–water partition coefficient (Wildman–Crippen LogP) is 2.53. The molecule has 7 heteroatoms. The molecule has 0 N–H and O–H groups in total. The van der Waals surface area contributed by atoms with E-state index in [-0.39, 0.29) is 23.6 Å². The van der Waals surface area contributed by atoms with Crippen LogP contribution in [-0.4, -0.2) is 24.6 Å². The standard InChI is InChI=1S/C12H11NO6/c1-3-18-12(14)10-5-7-4-8(17-2)6-9(13(15)16)11(7)19-10/h4-6H,3H2,1-2H3. The van der Waals surface area contributed by atoms with Gasteiger partial charge in [0.05, 0.1) is 24.7 Å². The van der Waals surface area contributed by atoms with Gasteiger partial charge in [0.1, 0.15) is 5.75 Å². The largest absolute Gasteiger partial charge is 0.496 e. The minimum absolute atomic E-state index is 0.0221. The van der Waals surface area contributed by atoms with E-state index in [0.717, 1.165) is 0 Å². The number of carbonyl (C=O) groups excluding carboxylic acids is 1. The van der Waals surface area contributed by atoms with Crippen LogP contribution >= 0.6 is 0 Å². The molecular weight excluding hydrogens is 254 g/mol. The molecule has 1 aromatic heterocycles. The van der Waals surface area contributed by atoms with Gasteiger partial charge in [0.2, 0.25) is 11.3 Å². The monoisotopic (exact) mass is 265 g/mol. The fourth-order valence-corrected chi connectivity index (χ4v) is 1.66. The number of nitrogens with zero attached hydrogens (tertiary/aromatic N) is 1. The second-order valence-corrected chi connectivity index (χ2v) is 3.65. The highest BCUT2D eigenvalue weighted by atomic mass is 16.6. The van der Waals surface area contributed by atoms with Crippen LogP contribution in [0.3, 0.4) is 0 Å². The third kappa shape index (κ3) is 2.35. The van der Waals surface area contributed by atoms with Gasteiger partial charge in [-0.1, -0.05) is 0 Å². The van der Waals surface area contributed by atoms with Crippen molar-refractivity contribution >= 4 is 22.6 Å². The molecule has 0 aliphatic carbocycles. The Hall–Kier alpha value is -2.57. The zero-order valence-corrected chi connectivity index (χ0v) is 10.3. The third-order valence-electron chi connectivity index (χ3n) is 2.48. The molecule has 0 bridgehead atoms. The molecule has 7 nitrogen and oxygen atoms in total. The molecule has 2 rings (SSSR count). The molecule has 2 aromatic rings. The minimum atomic E-state index is -0.660. The van der Waals surface area contributed by atoms with E-state index < -0.39 is 10.9 Å². The normalized spacial score (nSPS) is 10.4. The molecule has 0 spiro atoms.